The average molecular weight is 460 g/mol. The van der Waals surface area contributed by atoms with Crippen molar-refractivity contribution >= 4 is 46.1 Å². The molecule has 0 atom stereocenters. The van der Waals surface area contributed by atoms with E-state index in [-0.39, 0.29) is 17.0 Å². The number of thioether (sulfide) groups is 1. The van der Waals surface area contributed by atoms with Gasteiger partial charge in [-0.3, -0.25) is 19.1 Å². The lowest BCUT2D eigenvalue weighted by atomic mass is 10.0. The first-order valence-electron chi connectivity index (χ1n) is 10.7. The minimum absolute atomic E-state index is 0.119. The molecule has 0 unspecified atom stereocenters. The van der Waals surface area contributed by atoms with Crippen LogP contribution >= 0.6 is 24.0 Å². The lowest BCUT2D eigenvalue weighted by Crippen LogP contribution is -2.47. The molecule has 3 rings (SSSR count). The SMILES string of the molecule is CCCCn1c(N2CCN(C)CC2)c(/C=C2\SC(=S)N(CC)C2=O)c(C)c(C#N)c1=O. The molecule has 0 aliphatic carbocycles. The van der Waals surface area contributed by atoms with Crippen LogP contribution in [0.5, 0.6) is 0 Å². The molecule has 1 aromatic heterocycles. The second kappa shape index (κ2) is 9.98. The molecule has 1 aromatic rings. The highest BCUT2D eigenvalue weighted by Gasteiger charge is 2.32. The zero-order valence-electron chi connectivity index (χ0n) is 18.6. The van der Waals surface area contributed by atoms with Gasteiger partial charge in [0, 0.05) is 44.8 Å². The Morgan fingerprint density at radius 2 is 1.87 bits per heavy atom. The molecule has 0 aromatic carbocycles. The number of nitriles is 1. The number of pyridine rings is 1. The van der Waals surface area contributed by atoms with E-state index >= 15 is 0 Å². The number of likely N-dealkylation sites (N-methyl/N-ethyl adjacent to an activating group) is 2. The smallest absolute Gasteiger partial charge is 0.270 e. The number of anilines is 1. The molecular formula is C22H29N5O2S2. The maximum absolute atomic E-state index is 13.2. The van der Waals surface area contributed by atoms with E-state index in [0.29, 0.717) is 27.9 Å². The summed E-state index contributed by atoms with van der Waals surface area (Å²) >= 11 is 6.65. The molecule has 2 saturated heterocycles. The highest BCUT2D eigenvalue weighted by Crippen LogP contribution is 2.36. The van der Waals surface area contributed by atoms with Gasteiger partial charge in [0.15, 0.2) is 0 Å². The van der Waals surface area contributed by atoms with Crippen LogP contribution in [0, 0.1) is 18.3 Å². The van der Waals surface area contributed by atoms with E-state index in [2.05, 4.69) is 29.8 Å². The van der Waals surface area contributed by atoms with Crippen LogP contribution in [-0.2, 0) is 11.3 Å². The Morgan fingerprint density at radius 3 is 2.42 bits per heavy atom. The summed E-state index contributed by atoms with van der Waals surface area (Å²) in [5.41, 5.74) is 1.29. The van der Waals surface area contributed by atoms with E-state index in [1.54, 1.807) is 16.4 Å². The molecule has 0 N–H and O–H groups in total. The van der Waals surface area contributed by atoms with Crippen molar-refractivity contribution in [1.29, 1.82) is 5.26 Å². The van der Waals surface area contributed by atoms with Gasteiger partial charge in [-0.1, -0.05) is 37.3 Å². The summed E-state index contributed by atoms with van der Waals surface area (Å²) in [5, 5.41) is 9.74. The molecule has 7 nitrogen and oxygen atoms in total. The van der Waals surface area contributed by atoms with E-state index in [4.69, 9.17) is 12.2 Å². The van der Waals surface area contributed by atoms with Crippen LogP contribution in [0.15, 0.2) is 9.70 Å². The second-order valence-corrected chi connectivity index (χ2v) is 9.55. The van der Waals surface area contributed by atoms with Crippen LogP contribution in [0.4, 0.5) is 5.82 Å². The number of amides is 1. The molecule has 2 aliphatic heterocycles. The maximum Gasteiger partial charge on any atom is 0.270 e. The zero-order valence-corrected chi connectivity index (χ0v) is 20.2. The Kier molecular flexibility index (Phi) is 7.57. The summed E-state index contributed by atoms with van der Waals surface area (Å²) in [6.45, 7) is 10.2. The van der Waals surface area contributed by atoms with Crippen molar-refractivity contribution in [3.8, 4) is 6.07 Å². The fraction of sp³-hybridized carbons (Fsp3) is 0.545. The first kappa shape index (κ1) is 23.5. The van der Waals surface area contributed by atoms with Crippen LogP contribution in [0.25, 0.3) is 6.08 Å². The van der Waals surface area contributed by atoms with E-state index in [1.165, 1.54) is 11.8 Å². The summed E-state index contributed by atoms with van der Waals surface area (Å²) in [4.78, 5) is 32.7. The minimum atomic E-state index is -0.249. The molecule has 2 aliphatic rings. The molecule has 0 radical (unpaired) electrons. The van der Waals surface area contributed by atoms with Gasteiger partial charge in [-0.25, -0.2) is 0 Å². The van der Waals surface area contributed by atoms with Crippen LogP contribution in [0.2, 0.25) is 0 Å². The summed E-state index contributed by atoms with van der Waals surface area (Å²) in [6.07, 6.45) is 3.61. The fourth-order valence-corrected chi connectivity index (χ4v) is 5.30. The van der Waals surface area contributed by atoms with Crippen LogP contribution in [-0.4, -0.2) is 64.4 Å². The van der Waals surface area contributed by atoms with E-state index in [9.17, 15) is 14.9 Å². The summed E-state index contributed by atoms with van der Waals surface area (Å²) in [7, 11) is 2.09. The topological polar surface area (TPSA) is 72.6 Å². The van der Waals surface area contributed by atoms with Crippen LogP contribution in [0.1, 0.15) is 43.4 Å². The van der Waals surface area contributed by atoms with Crippen molar-refractivity contribution in [2.24, 2.45) is 0 Å². The number of unbranched alkanes of at least 4 members (excludes halogenated alkanes) is 1. The van der Waals surface area contributed by atoms with Gasteiger partial charge in [0.05, 0.1) is 4.91 Å². The molecule has 0 bridgehead atoms. The molecule has 3 heterocycles. The number of nitrogens with zero attached hydrogens (tertiary/aromatic N) is 5. The fourth-order valence-electron chi connectivity index (χ4n) is 3.93. The molecule has 2 fully saturated rings. The van der Waals surface area contributed by atoms with Gasteiger partial charge in [-0.15, -0.1) is 0 Å². The third-order valence-corrected chi connectivity index (χ3v) is 7.23. The number of hydrogen-bond acceptors (Lipinski definition) is 7. The maximum atomic E-state index is 13.2. The zero-order chi connectivity index (χ0) is 22.7. The van der Waals surface area contributed by atoms with Gasteiger partial charge in [0.25, 0.3) is 11.5 Å². The standard InChI is InChI=1S/C22H29N5O2S2/c1-5-7-8-27-19(25-11-9-24(4)10-12-25)16(15(3)17(14-23)20(27)28)13-18-21(29)26(6-2)22(30)31-18/h13H,5-12H2,1-4H3/b18-13-. The van der Waals surface area contributed by atoms with Crippen molar-refractivity contribution in [1.82, 2.24) is 14.4 Å². The highest BCUT2D eigenvalue weighted by molar-refractivity contribution is 8.26. The Bertz CT molecular complexity index is 1020. The molecular weight excluding hydrogens is 430 g/mol. The first-order chi connectivity index (χ1) is 14.8. The van der Waals surface area contributed by atoms with Crippen molar-refractivity contribution in [3.63, 3.8) is 0 Å². The number of rotatable bonds is 6. The minimum Gasteiger partial charge on any atom is -0.355 e. The molecule has 31 heavy (non-hydrogen) atoms. The number of hydrogen-bond donors (Lipinski definition) is 0. The molecule has 9 heteroatoms. The Hall–Kier alpha value is -2.15. The van der Waals surface area contributed by atoms with E-state index in [1.807, 2.05) is 13.0 Å². The lowest BCUT2D eigenvalue weighted by Gasteiger charge is -2.36. The molecule has 0 spiro atoms. The summed E-state index contributed by atoms with van der Waals surface area (Å²) in [6, 6.07) is 2.11. The third kappa shape index (κ3) is 4.56. The predicted molar refractivity (Wildman–Crippen MR) is 130 cm³/mol. The number of carbonyl (C=O) groups excluding carboxylic acids is 1. The van der Waals surface area contributed by atoms with E-state index in [0.717, 1.165) is 50.4 Å². The second-order valence-electron chi connectivity index (χ2n) is 7.88. The summed E-state index contributed by atoms with van der Waals surface area (Å²) in [5.74, 6) is 0.691. The van der Waals surface area contributed by atoms with E-state index < -0.39 is 0 Å². The van der Waals surface area contributed by atoms with Gasteiger partial charge in [0.2, 0.25) is 0 Å². The molecule has 1 amide bonds. The molecule has 166 valence electrons. The first-order valence-corrected chi connectivity index (χ1v) is 11.9. The number of carbonyl (C=O) groups is 1. The predicted octanol–water partition coefficient (Wildman–Crippen LogP) is 2.80. The van der Waals surface area contributed by atoms with Gasteiger partial charge < -0.3 is 9.80 Å². The average Bonchev–Trinajstić information content (AvgIpc) is 3.02. The van der Waals surface area contributed by atoms with Gasteiger partial charge in [-0.2, -0.15) is 5.26 Å². The normalized spacial score (nSPS) is 18.9. The quantitative estimate of drug-likeness (QED) is 0.478. The van der Waals surface area contributed by atoms with Crippen molar-refractivity contribution in [2.45, 2.75) is 40.2 Å². The van der Waals surface area contributed by atoms with Gasteiger partial charge >= 0.3 is 0 Å². The molecule has 0 saturated carbocycles. The van der Waals surface area contributed by atoms with Crippen molar-refractivity contribution < 1.29 is 4.79 Å². The summed E-state index contributed by atoms with van der Waals surface area (Å²) < 4.78 is 2.28. The Morgan fingerprint density at radius 1 is 1.19 bits per heavy atom. The third-order valence-electron chi connectivity index (χ3n) is 5.85. The highest BCUT2D eigenvalue weighted by atomic mass is 32.2. The lowest BCUT2D eigenvalue weighted by molar-refractivity contribution is -0.121. The van der Waals surface area contributed by atoms with Crippen molar-refractivity contribution in [2.75, 3.05) is 44.7 Å². The Labute approximate surface area is 193 Å². The monoisotopic (exact) mass is 459 g/mol. The van der Waals surface area contributed by atoms with Gasteiger partial charge in [-0.05, 0) is 39.0 Å². The number of thiocarbonyl (C=S) groups is 1. The number of aromatic nitrogens is 1. The van der Waals surface area contributed by atoms with Crippen LogP contribution < -0.4 is 10.5 Å². The number of piperazine rings is 1. The largest absolute Gasteiger partial charge is 0.355 e. The Balaban J connectivity index is 2.24. The van der Waals surface area contributed by atoms with Gasteiger partial charge in [0.1, 0.15) is 21.8 Å². The van der Waals surface area contributed by atoms with Crippen molar-refractivity contribution in [3.05, 3.63) is 31.9 Å². The van der Waals surface area contributed by atoms with Crippen LogP contribution in [0.3, 0.4) is 0 Å².